The molecule has 2 aromatic rings. The smallest absolute Gasteiger partial charge is 0.340 e. The van der Waals surface area contributed by atoms with Gasteiger partial charge in [0.1, 0.15) is 0 Å². The molecule has 0 N–H and O–H groups in total. The van der Waals surface area contributed by atoms with Gasteiger partial charge in [-0.1, -0.05) is 63.1 Å². The van der Waals surface area contributed by atoms with Crippen molar-refractivity contribution in [2.45, 2.75) is 52.7 Å². The molecule has 0 aliphatic carbocycles. The van der Waals surface area contributed by atoms with E-state index in [0.717, 1.165) is 36.8 Å². The molecule has 25 heavy (non-hydrogen) atoms. The van der Waals surface area contributed by atoms with E-state index in [1.54, 1.807) is 19.1 Å². The lowest BCUT2D eigenvalue weighted by Crippen LogP contribution is -2.18. The molecule has 0 fully saturated rings. The summed E-state index contributed by atoms with van der Waals surface area (Å²) in [6.07, 6.45) is 3.75. The molecule has 0 amide bonds. The first kappa shape index (κ1) is 19.2. The molecular weight excluding hydrogens is 312 g/mol. The molecule has 0 aromatic heterocycles. The van der Waals surface area contributed by atoms with Gasteiger partial charge in [0.15, 0.2) is 6.29 Å². The number of carbonyl (C=O) groups is 1. The van der Waals surface area contributed by atoms with Crippen LogP contribution >= 0.6 is 0 Å². The largest absolute Gasteiger partial charge is 0.432 e. The Morgan fingerprint density at radius 3 is 2.08 bits per heavy atom. The Balaban J connectivity index is 1.95. The number of benzene rings is 2. The van der Waals surface area contributed by atoms with E-state index in [4.69, 9.17) is 9.47 Å². The Morgan fingerprint density at radius 1 is 0.920 bits per heavy atom. The first-order valence-corrected chi connectivity index (χ1v) is 9.16. The van der Waals surface area contributed by atoms with Gasteiger partial charge < -0.3 is 9.47 Å². The quantitative estimate of drug-likeness (QED) is 0.337. The molecule has 0 bridgehead atoms. The number of aryl methyl sites for hydroxylation is 1. The summed E-state index contributed by atoms with van der Waals surface area (Å²) in [5.74, 6) is -0.353. The fraction of sp³-hybridized carbons (Fsp3) is 0.409. The zero-order chi connectivity index (χ0) is 18.1. The topological polar surface area (TPSA) is 35.5 Å². The summed E-state index contributed by atoms with van der Waals surface area (Å²) >= 11 is 0. The first-order valence-electron chi connectivity index (χ1n) is 9.16. The van der Waals surface area contributed by atoms with Gasteiger partial charge in [-0.3, -0.25) is 0 Å². The summed E-state index contributed by atoms with van der Waals surface area (Å²) in [5.41, 5.74) is 4.13. The SMILES string of the molecule is CCCCOC(C)OC(=O)c1ccc(-c2ccc(CCC)cc2)cc1. The third-order valence-electron chi connectivity index (χ3n) is 4.07. The summed E-state index contributed by atoms with van der Waals surface area (Å²) in [7, 11) is 0. The summed E-state index contributed by atoms with van der Waals surface area (Å²) in [4.78, 5) is 12.1. The minimum Gasteiger partial charge on any atom is -0.432 e. The summed E-state index contributed by atoms with van der Waals surface area (Å²) in [6.45, 7) is 6.64. The molecule has 3 heteroatoms. The molecule has 0 aliphatic rings. The Labute approximate surface area is 151 Å². The standard InChI is InChI=1S/C22H28O3/c1-4-6-16-24-17(3)25-22(23)21-14-12-20(13-15-21)19-10-8-18(7-5-2)9-11-19/h8-15,17H,4-7,16H2,1-3H3. The van der Waals surface area contributed by atoms with E-state index >= 15 is 0 Å². The second-order valence-corrected chi connectivity index (χ2v) is 6.22. The zero-order valence-electron chi connectivity index (χ0n) is 15.5. The second kappa shape index (κ2) is 10.00. The fourth-order valence-corrected chi connectivity index (χ4v) is 2.60. The van der Waals surface area contributed by atoms with Crippen LogP contribution in [0.15, 0.2) is 48.5 Å². The minimum atomic E-state index is -0.523. The predicted octanol–water partition coefficient (Wildman–Crippen LogP) is 5.63. The van der Waals surface area contributed by atoms with Gasteiger partial charge in [0, 0.05) is 0 Å². The normalized spacial score (nSPS) is 12.0. The Bertz CT molecular complexity index is 644. The highest BCUT2D eigenvalue weighted by Gasteiger charge is 2.12. The highest BCUT2D eigenvalue weighted by Crippen LogP contribution is 2.21. The minimum absolute atomic E-state index is 0.353. The van der Waals surface area contributed by atoms with Gasteiger partial charge >= 0.3 is 5.97 Å². The predicted molar refractivity (Wildman–Crippen MR) is 102 cm³/mol. The Morgan fingerprint density at radius 2 is 1.52 bits per heavy atom. The van der Waals surface area contributed by atoms with Crippen molar-refractivity contribution in [1.29, 1.82) is 0 Å². The van der Waals surface area contributed by atoms with Crippen molar-refractivity contribution in [3.05, 3.63) is 59.7 Å². The van der Waals surface area contributed by atoms with Crippen molar-refractivity contribution >= 4 is 5.97 Å². The number of unbranched alkanes of at least 4 members (excludes halogenated alkanes) is 1. The molecule has 0 radical (unpaired) electrons. The third kappa shape index (κ3) is 6.02. The van der Waals surface area contributed by atoms with Crippen LogP contribution in [0.1, 0.15) is 56.0 Å². The van der Waals surface area contributed by atoms with E-state index in [1.807, 2.05) is 12.1 Å². The second-order valence-electron chi connectivity index (χ2n) is 6.22. The van der Waals surface area contributed by atoms with Crippen molar-refractivity contribution < 1.29 is 14.3 Å². The average molecular weight is 340 g/mol. The van der Waals surface area contributed by atoms with Crippen LogP contribution in [0.2, 0.25) is 0 Å². The first-order chi connectivity index (χ1) is 12.1. The third-order valence-corrected chi connectivity index (χ3v) is 4.07. The summed E-state index contributed by atoms with van der Waals surface area (Å²) < 4.78 is 10.8. The van der Waals surface area contributed by atoms with Crippen LogP contribution in [0, 0.1) is 0 Å². The maximum Gasteiger partial charge on any atom is 0.340 e. The van der Waals surface area contributed by atoms with Gasteiger partial charge in [0.05, 0.1) is 12.2 Å². The highest BCUT2D eigenvalue weighted by atomic mass is 16.7. The molecule has 2 rings (SSSR count). The number of ether oxygens (including phenoxy) is 2. The van der Waals surface area contributed by atoms with Gasteiger partial charge in [-0.2, -0.15) is 0 Å². The highest BCUT2D eigenvalue weighted by molar-refractivity contribution is 5.90. The molecule has 134 valence electrons. The number of hydrogen-bond acceptors (Lipinski definition) is 3. The van der Waals surface area contributed by atoms with Crippen LogP contribution in [0.4, 0.5) is 0 Å². The van der Waals surface area contributed by atoms with Crippen LogP contribution in [0.25, 0.3) is 11.1 Å². The van der Waals surface area contributed by atoms with Gasteiger partial charge in [0.2, 0.25) is 0 Å². The lowest BCUT2D eigenvalue weighted by molar-refractivity contribution is -0.0985. The molecule has 0 saturated heterocycles. The van der Waals surface area contributed by atoms with E-state index in [0.29, 0.717) is 12.2 Å². The van der Waals surface area contributed by atoms with Crippen molar-refractivity contribution in [2.24, 2.45) is 0 Å². The van der Waals surface area contributed by atoms with Crippen LogP contribution in [0.3, 0.4) is 0 Å². The van der Waals surface area contributed by atoms with E-state index in [1.165, 1.54) is 5.56 Å². The molecule has 0 aliphatic heterocycles. The molecule has 1 atom stereocenters. The van der Waals surface area contributed by atoms with Crippen molar-refractivity contribution in [3.63, 3.8) is 0 Å². The summed E-state index contributed by atoms with van der Waals surface area (Å²) in [6, 6.07) is 16.1. The molecular formula is C22H28O3. The molecule has 0 spiro atoms. The number of hydrogen-bond donors (Lipinski definition) is 0. The van der Waals surface area contributed by atoms with Crippen molar-refractivity contribution in [3.8, 4) is 11.1 Å². The van der Waals surface area contributed by atoms with Gasteiger partial charge in [-0.25, -0.2) is 4.79 Å². The monoisotopic (exact) mass is 340 g/mol. The zero-order valence-corrected chi connectivity index (χ0v) is 15.5. The molecule has 2 aromatic carbocycles. The lowest BCUT2D eigenvalue weighted by Gasteiger charge is -2.14. The fourth-order valence-electron chi connectivity index (χ4n) is 2.60. The molecule has 1 unspecified atom stereocenters. The van der Waals surface area contributed by atoms with E-state index < -0.39 is 6.29 Å². The van der Waals surface area contributed by atoms with Gasteiger partial charge in [-0.05, 0) is 48.6 Å². The lowest BCUT2D eigenvalue weighted by atomic mass is 10.0. The number of esters is 1. The Hall–Kier alpha value is -2.13. The molecule has 0 saturated carbocycles. The van der Waals surface area contributed by atoms with E-state index in [9.17, 15) is 4.79 Å². The van der Waals surface area contributed by atoms with Crippen LogP contribution in [-0.4, -0.2) is 18.9 Å². The maximum atomic E-state index is 12.1. The molecule has 0 heterocycles. The Kier molecular flexibility index (Phi) is 7.68. The number of rotatable bonds is 9. The average Bonchev–Trinajstić information content (AvgIpc) is 2.63. The molecule has 3 nitrogen and oxygen atoms in total. The van der Waals surface area contributed by atoms with Crippen molar-refractivity contribution in [2.75, 3.05) is 6.61 Å². The van der Waals surface area contributed by atoms with Crippen LogP contribution < -0.4 is 0 Å². The van der Waals surface area contributed by atoms with Crippen LogP contribution in [-0.2, 0) is 15.9 Å². The van der Waals surface area contributed by atoms with Gasteiger partial charge in [-0.15, -0.1) is 0 Å². The van der Waals surface area contributed by atoms with Crippen molar-refractivity contribution in [1.82, 2.24) is 0 Å². The van der Waals surface area contributed by atoms with Gasteiger partial charge in [0.25, 0.3) is 0 Å². The number of carbonyl (C=O) groups excluding carboxylic acids is 1. The van der Waals surface area contributed by atoms with E-state index in [2.05, 4.69) is 38.1 Å². The maximum absolute atomic E-state index is 12.1. The van der Waals surface area contributed by atoms with E-state index in [-0.39, 0.29) is 5.97 Å². The van der Waals surface area contributed by atoms with Crippen LogP contribution in [0.5, 0.6) is 0 Å². The summed E-state index contributed by atoms with van der Waals surface area (Å²) in [5, 5.41) is 0.